The zero-order valence-corrected chi connectivity index (χ0v) is 18.0. The van der Waals surface area contributed by atoms with Gasteiger partial charge in [0.15, 0.2) is 0 Å². The molecule has 164 valence electrons. The summed E-state index contributed by atoms with van der Waals surface area (Å²) in [4.78, 5) is 14.7. The van der Waals surface area contributed by atoms with Gasteiger partial charge < -0.3 is 5.11 Å². The fraction of sp³-hybridized carbons (Fsp3) is 0.318. The van der Waals surface area contributed by atoms with Gasteiger partial charge in [0.2, 0.25) is 10.0 Å². The first-order valence-electron chi connectivity index (χ1n) is 10.2. The molecule has 0 aliphatic heterocycles. The predicted octanol–water partition coefficient (Wildman–Crippen LogP) is 3.49. The molecule has 8 nitrogen and oxygen atoms in total. The predicted molar refractivity (Wildman–Crippen MR) is 116 cm³/mol. The van der Waals surface area contributed by atoms with Crippen molar-refractivity contribution in [2.45, 2.75) is 43.5 Å². The highest BCUT2D eigenvalue weighted by Gasteiger charge is 2.24. The Kier molecular flexibility index (Phi) is 7.91. The van der Waals surface area contributed by atoms with Gasteiger partial charge in [-0.05, 0) is 48.7 Å². The number of aromatic nitrogens is 3. The minimum absolute atomic E-state index is 0.139. The second-order valence-corrected chi connectivity index (χ2v) is 9.14. The Morgan fingerprint density at radius 1 is 1.00 bits per heavy atom. The van der Waals surface area contributed by atoms with Gasteiger partial charge in [0, 0.05) is 44.3 Å². The average molecular weight is 443 g/mol. The van der Waals surface area contributed by atoms with Gasteiger partial charge in [0.25, 0.3) is 0 Å². The molecule has 2 aromatic heterocycles. The summed E-state index contributed by atoms with van der Waals surface area (Å²) in [6.45, 7) is 0.594. The van der Waals surface area contributed by atoms with Crippen molar-refractivity contribution in [1.29, 1.82) is 0 Å². The van der Waals surface area contributed by atoms with Crippen LogP contribution in [0, 0.1) is 0 Å². The van der Waals surface area contributed by atoms with Crippen molar-refractivity contribution in [3.8, 4) is 5.69 Å². The van der Waals surface area contributed by atoms with Gasteiger partial charge >= 0.3 is 5.97 Å². The van der Waals surface area contributed by atoms with Gasteiger partial charge in [0.1, 0.15) is 4.90 Å². The topological polar surface area (TPSA) is 105 Å². The monoisotopic (exact) mass is 442 g/mol. The molecular weight excluding hydrogens is 416 g/mol. The Morgan fingerprint density at radius 3 is 2.42 bits per heavy atom. The van der Waals surface area contributed by atoms with E-state index < -0.39 is 16.0 Å². The van der Waals surface area contributed by atoms with Crippen LogP contribution in [0.1, 0.15) is 37.7 Å². The number of carboxylic acids is 1. The number of carboxylic acid groups (broad SMARTS) is 1. The molecule has 31 heavy (non-hydrogen) atoms. The third-order valence-corrected chi connectivity index (χ3v) is 6.71. The van der Waals surface area contributed by atoms with E-state index in [1.54, 1.807) is 29.2 Å². The lowest BCUT2D eigenvalue weighted by atomic mass is 10.1. The highest BCUT2D eigenvalue weighted by molar-refractivity contribution is 7.89. The quantitative estimate of drug-likeness (QED) is 0.431. The largest absolute Gasteiger partial charge is 0.481 e. The molecule has 0 atom stereocenters. The maximum atomic E-state index is 13.2. The number of benzene rings is 1. The van der Waals surface area contributed by atoms with Crippen LogP contribution in [0.25, 0.3) is 5.69 Å². The molecule has 0 aliphatic carbocycles. The first-order chi connectivity index (χ1) is 15.0. The van der Waals surface area contributed by atoms with Crippen molar-refractivity contribution >= 4 is 16.0 Å². The van der Waals surface area contributed by atoms with Crippen LogP contribution in [0.3, 0.4) is 0 Å². The number of hydrogen-bond donors (Lipinski definition) is 1. The van der Waals surface area contributed by atoms with E-state index in [2.05, 4.69) is 10.1 Å². The molecule has 0 saturated carbocycles. The maximum absolute atomic E-state index is 13.2. The van der Waals surface area contributed by atoms with Gasteiger partial charge in [0.05, 0.1) is 5.69 Å². The van der Waals surface area contributed by atoms with Crippen LogP contribution >= 0.6 is 0 Å². The lowest BCUT2D eigenvalue weighted by molar-refractivity contribution is -0.137. The SMILES string of the molecule is O=C(O)CCCCCCN(Cc1ccc(-n2cccn2)cc1)S(=O)(=O)c1cccnc1. The molecule has 2 heterocycles. The molecule has 1 N–H and O–H groups in total. The van der Waals surface area contributed by atoms with E-state index in [9.17, 15) is 13.2 Å². The van der Waals surface area contributed by atoms with Gasteiger partial charge in [-0.1, -0.05) is 25.0 Å². The van der Waals surface area contributed by atoms with Crippen LogP contribution in [0.4, 0.5) is 0 Å². The Labute approximate surface area is 182 Å². The number of rotatable bonds is 12. The molecule has 0 fully saturated rings. The van der Waals surface area contributed by atoms with Crippen molar-refractivity contribution in [2.24, 2.45) is 0 Å². The van der Waals surface area contributed by atoms with Crippen LogP contribution in [0.15, 0.2) is 72.1 Å². The van der Waals surface area contributed by atoms with Crippen LogP contribution < -0.4 is 0 Å². The molecule has 3 rings (SSSR count). The zero-order chi connectivity index (χ0) is 22.1. The Morgan fingerprint density at radius 2 is 1.77 bits per heavy atom. The summed E-state index contributed by atoms with van der Waals surface area (Å²) < 4.78 is 29.6. The number of sulfonamides is 1. The van der Waals surface area contributed by atoms with Crippen LogP contribution in [-0.2, 0) is 21.4 Å². The number of aliphatic carboxylic acids is 1. The molecule has 0 aliphatic rings. The minimum Gasteiger partial charge on any atom is -0.481 e. The van der Waals surface area contributed by atoms with E-state index in [0.29, 0.717) is 19.4 Å². The van der Waals surface area contributed by atoms with Gasteiger partial charge in [-0.2, -0.15) is 9.40 Å². The average Bonchev–Trinajstić information content (AvgIpc) is 3.31. The Bertz CT molecular complexity index is 1050. The highest BCUT2D eigenvalue weighted by atomic mass is 32.2. The third kappa shape index (κ3) is 6.47. The summed E-state index contributed by atoms with van der Waals surface area (Å²) in [7, 11) is -3.70. The first-order valence-corrected chi connectivity index (χ1v) is 11.6. The van der Waals surface area contributed by atoms with E-state index in [1.165, 1.54) is 10.5 Å². The second-order valence-electron chi connectivity index (χ2n) is 7.20. The van der Waals surface area contributed by atoms with E-state index in [1.807, 2.05) is 36.5 Å². The Balaban J connectivity index is 1.70. The Hall–Kier alpha value is -3.04. The van der Waals surface area contributed by atoms with Crippen molar-refractivity contribution < 1.29 is 18.3 Å². The fourth-order valence-corrected chi connectivity index (χ4v) is 4.66. The lowest BCUT2D eigenvalue weighted by Crippen LogP contribution is -2.31. The van der Waals surface area contributed by atoms with Crippen LogP contribution in [-0.4, -0.2) is 45.1 Å². The summed E-state index contributed by atoms with van der Waals surface area (Å²) >= 11 is 0. The van der Waals surface area contributed by atoms with E-state index in [-0.39, 0.29) is 17.9 Å². The van der Waals surface area contributed by atoms with E-state index in [4.69, 9.17) is 5.11 Å². The van der Waals surface area contributed by atoms with Crippen molar-refractivity contribution in [1.82, 2.24) is 19.1 Å². The van der Waals surface area contributed by atoms with Crippen molar-refractivity contribution in [2.75, 3.05) is 6.54 Å². The second kappa shape index (κ2) is 10.8. The van der Waals surface area contributed by atoms with Crippen LogP contribution in [0.5, 0.6) is 0 Å². The molecule has 0 saturated heterocycles. The molecule has 0 spiro atoms. The minimum atomic E-state index is -3.70. The molecule has 0 radical (unpaired) electrons. The van der Waals surface area contributed by atoms with E-state index >= 15 is 0 Å². The van der Waals surface area contributed by atoms with E-state index in [0.717, 1.165) is 24.1 Å². The molecule has 0 unspecified atom stereocenters. The molecule has 1 aromatic carbocycles. The molecule has 0 bridgehead atoms. The highest BCUT2D eigenvalue weighted by Crippen LogP contribution is 2.20. The van der Waals surface area contributed by atoms with Crippen LogP contribution in [0.2, 0.25) is 0 Å². The summed E-state index contributed by atoms with van der Waals surface area (Å²) in [5.74, 6) is -0.806. The fourth-order valence-electron chi connectivity index (χ4n) is 3.23. The molecule has 0 amide bonds. The standard InChI is InChI=1S/C22H26N4O4S/c27-22(28)8-3-1-2-4-15-25(31(29,30)21-7-5-13-23-17-21)18-19-9-11-20(12-10-19)26-16-6-14-24-26/h5-7,9-14,16-17H,1-4,8,15,18H2,(H,27,28). The summed E-state index contributed by atoms with van der Waals surface area (Å²) in [6, 6.07) is 12.6. The number of hydrogen-bond acceptors (Lipinski definition) is 5. The summed E-state index contributed by atoms with van der Waals surface area (Å²) in [5.41, 5.74) is 1.77. The van der Waals surface area contributed by atoms with Gasteiger partial charge in [-0.25, -0.2) is 13.1 Å². The lowest BCUT2D eigenvalue weighted by Gasteiger charge is -2.22. The maximum Gasteiger partial charge on any atom is 0.303 e. The number of unbranched alkanes of at least 4 members (excludes halogenated alkanes) is 3. The third-order valence-electron chi connectivity index (χ3n) is 4.88. The van der Waals surface area contributed by atoms with Gasteiger partial charge in [-0.15, -0.1) is 0 Å². The number of nitrogens with zero attached hydrogens (tertiary/aromatic N) is 4. The zero-order valence-electron chi connectivity index (χ0n) is 17.2. The van der Waals surface area contributed by atoms with Crippen molar-refractivity contribution in [3.63, 3.8) is 0 Å². The van der Waals surface area contributed by atoms with Gasteiger partial charge in [-0.3, -0.25) is 9.78 Å². The normalized spacial score (nSPS) is 11.6. The molecular formula is C22H26N4O4S. The number of pyridine rings is 1. The smallest absolute Gasteiger partial charge is 0.303 e. The number of carbonyl (C=O) groups is 1. The van der Waals surface area contributed by atoms with Crippen molar-refractivity contribution in [3.05, 3.63) is 72.8 Å². The molecule has 9 heteroatoms. The summed E-state index contributed by atoms with van der Waals surface area (Å²) in [6.07, 6.45) is 9.36. The molecule has 3 aromatic rings. The summed E-state index contributed by atoms with van der Waals surface area (Å²) in [5, 5.41) is 12.9. The first kappa shape index (κ1) is 22.6.